The smallest absolute Gasteiger partial charge is 0.228 e. The Kier molecular flexibility index (Phi) is 3.54. The van der Waals surface area contributed by atoms with Gasteiger partial charge in [0.25, 0.3) is 0 Å². The molecule has 28 heavy (non-hydrogen) atoms. The summed E-state index contributed by atoms with van der Waals surface area (Å²) in [7, 11) is 0. The molecule has 2 heterocycles. The molecule has 5 nitrogen and oxygen atoms in total. The normalized spacial score (nSPS) is 39.6. The molecular weight excluding hydrogens is 350 g/mol. The summed E-state index contributed by atoms with van der Waals surface area (Å²) in [5.74, 6) is 2.71. The number of aromatic amines is 1. The lowest BCUT2D eigenvalue weighted by Crippen LogP contribution is -2.61. The highest BCUT2D eigenvalue weighted by Gasteiger charge is 2.61. The molecule has 1 aromatic heterocycles. The maximum atomic E-state index is 13.7. The van der Waals surface area contributed by atoms with E-state index in [9.17, 15) is 9.90 Å². The number of carbonyl (C=O) groups is 1. The number of fused-ring (bicyclic) bond motifs is 1. The number of aliphatic hydroxyl groups is 1. The van der Waals surface area contributed by atoms with Crippen LogP contribution in [0.15, 0.2) is 24.3 Å². The minimum atomic E-state index is -0.576. The number of likely N-dealkylation sites (tertiary alicyclic amines) is 1. The molecule has 2 N–H and O–H groups in total. The predicted octanol–water partition coefficient (Wildman–Crippen LogP) is 3.60. The van der Waals surface area contributed by atoms with Gasteiger partial charge in [0.05, 0.1) is 22.0 Å². The molecule has 5 heteroatoms. The monoisotopic (exact) mass is 379 g/mol. The second-order valence-electron chi connectivity index (χ2n) is 10.2. The molecule has 4 saturated carbocycles. The summed E-state index contributed by atoms with van der Waals surface area (Å²) in [4.78, 5) is 24.1. The number of amides is 1. The van der Waals surface area contributed by atoms with Crippen molar-refractivity contribution in [2.45, 2.75) is 62.9 Å². The molecule has 0 spiro atoms. The first-order valence-corrected chi connectivity index (χ1v) is 11.0. The number of benzene rings is 1. The highest BCUT2D eigenvalue weighted by molar-refractivity contribution is 5.84. The predicted molar refractivity (Wildman–Crippen MR) is 107 cm³/mol. The average Bonchev–Trinajstić information content (AvgIpc) is 3.10. The molecule has 1 aromatic carbocycles. The Hall–Kier alpha value is -1.88. The van der Waals surface area contributed by atoms with E-state index in [0.29, 0.717) is 24.2 Å². The summed E-state index contributed by atoms with van der Waals surface area (Å²) in [6.07, 6.45) is 7.84. The first-order valence-electron chi connectivity index (χ1n) is 11.0. The first kappa shape index (κ1) is 17.0. The minimum Gasteiger partial charge on any atom is -0.390 e. The van der Waals surface area contributed by atoms with Crippen LogP contribution in [0, 0.1) is 17.3 Å². The van der Waals surface area contributed by atoms with E-state index >= 15 is 0 Å². The molecule has 4 aliphatic carbocycles. The number of hydrogen-bond donors (Lipinski definition) is 2. The Labute approximate surface area is 165 Å². The van der Waals surface area contributed by atoms with Gasteiger partial charge in [0, 0.05) is 19.0 Å². The van der Waals surface area contributed by atoms with Gasteiger partial charge in [-0.3, -0.25) is 4.79 Å². The fraction of sp³-hybridized carbons (Fsp3) is 0.652. The van der Waals surface area contributed by atoms with Crippen molar-refractivity contribution in [3.63, 3.8) is 0 Å². The Balaban J connectivity index is 1.25. The van der Waals surface area contributed by atoms with Gasteiger partial charge in [-0.25, -0.2) is 4.98 Å². The highest BCUT2D eigenvalue weighted by Crippen LogP contribution is 2.62. The molecular formula is C23H29N3O2. The number of nitrogens with zero attached hydrogens (tertiary/aromatic N) is 2. The van der Waals surface area contributed by atoms with Crippen LogP contribution >= 0.6 is 0 Å². The lowest BCUT2D eigenvalue weighted by atomic mass is 9.47. The molecule has 2 aromatic rings. The maximum absolute atomic E-state index is 13.7. The van der Waals surface area contributed by atoms with Gasteiger partial charge >= 0.3 is 0 Å². The van der Waals surface area contributed by atoms with Crippen molar-refractivity contribution < 1.29 is 9.90 Å². The average molecular weight is 380 g/mol. The summed E-state index contributed by atoms with van der Waals surface area (Å²) < 4.78 is 0. The van der Waals surface area contributed by atoms with E-state index in [1.807, 2.05) is 18.2 Å². The quantitative estimate of drug-likeness (QED) is 0.838. The van der Waals surface area contributed by atoms with Gasteiger partial charge in [0.2, 0.25) is 5.91 Å². The van der Waals surface area contributed by atoms with Crippen LogP contribution in [-0.2, 0) is 4.79 Å². The molecule has 5 aliphatic rings. The van der Waals surface area contributed by atoms with Gasteiger partial charge in [-0.2, -0.15) is 0 Å². The fourth-order valence-corrected chi connectivity index (χ4v) is 7.35. The summed E-state index contributed by atoms with van der Waals surface area (Å²) in [5.41, 5.74) is 1.20. The van der Waals surface area contributed by atoms with E-state index in [1.165, 1.54) is 6.42 Å². The minimum absolute atomic E-state index is 0.280. The second kappa shape index (κ2) is 5.82. The fourth-order valence-electron chi connectivity index (χ4n) is 7.35. The second-order valence-corrected chi connectivity index (χ2v) is 10.2. The maximum Gasteiger partial charge on any atom is 0.228 e. The van der Waals surface area contributed by atoms with Crippen molar-refractivity contribution in [1.82, 2.24) is 14.9 Å². The molecule has 0 radical (unpaired) electrons. The van der Waals surface area contributed by atoms with Crippen molar-refractivity contribution in [3.05, 3.63) is 30.1 Å². The van der Waals surface area contributed by atoms with E-state index in [1.54, 1.807) is 0 Å². The molecule has 148 valence electrons. The number of aromatic nitrogens is 2. The first-order chi connectivity index (χ1) is 13.5. The van der Waals surface area contributed by atoms with Gasteiger partial charge in [-0.05, 0) is 75.3 Å². The standard InChI is InChI=1S/C23H29N3O2/c27-21(22-9-15-8-16(10-22)12-23(28,11-15)14-22)26-7-3-4-17(13-26)20-24-18-5-1-2-6-19(18)25-20/h1-2,5-6,15-17,28H,3-4,7-14H2,(H,24,25)/t15-,16-,17-,22?,23?/m1/s1. The Bertz CT molecular complexity index is 888. The lowest BCUT2D eigenvalue weighted by Gasteiger charge is -2.60. The molecule has 5 fully saturated rings. The summed E-state index contributed by atoms with van der Waals surface area (Å²) >= 11 is 0. The van der Waals surface area contributed by atoms with Crippen LogP contribution in [0.25, 0.3) is 11.0 Å². The number of para-hydroxylation sites is 2. The van der Waals surface area contributed by atoms with Crippen LogP contribution < -0.4 is 0 Å². The number of piperidine rings is 1. The van der Waals surface area contributed by atoms with Crippen LogP contribution in [0.5, 0.6) is 0 Å². The number of carbonyl (C=O) groups excluding carboxylic acids is 1. The van der Waals surface area contributed by atoms with E-state index in [-0.39, 0.29) is 11.3 Å². The van der Waals surface area contributed by atoms with E-state index in [0.717, 1.165) is 68.5 Å². The van der Waals surface area contributed by atoms with E-state index in [4.69, 9.17) is 4.98 Å². The Morgan fingerprint density at radius 2 is 1.96 bits per heavy atom. The third-order valence-electron chi connectivity index (χ3n) is 7.99. The van der Waals surface area contributed by atoms with Crippen molar-refractivity contribution in [1.29, 1.82) is 0 Å². The molecule has 1 saturated heterocycles. The lowest BCUT2D eigenvalue weighted by molar-refractivity contribution is -0.186. The van der Waals surface area contributed by atoms with Gasteiger partial charge < -0.3 is 15.0 Å². The van der Waals surface area contributed by atoms with Crippen molar-refractivity contribution in [2.75, 3.05) is 13.1 Å². The van der Waals surface area contributed by atoms with Crippen LogP contribution in [0.2, 0.25) is 0 Å². The van der Waals surface area contributed by atoms with Crippen LogP contribution in [0.4, 0.5) is 0 Å². The number of H-pyrrole nitrogens is 1. The summed E-state index contributed by atoms with van der Waals surface area (Å²) in [5, 5.41) is 11.0. The third kappa shape index (κ3) is 2.55. The van der Waals surface area contributed by atoms with E-state index < -0.39 is 5.60 Å². The molecule has 0 unspecified atom stereocenters. The number of rotatable bonds is 2. The largest absolute Gasteiger partial charge is 0.390 e. The van der Waals surface area contributed by atoms with Gasteiger partial charge in [0.15, 0.2) is 0 Å². The SMILES string of the molecule is O=C(N1CCC[C@@H](c2nc3ccccc3[nH]2)C1)C12C[C@H]3C[C@@H](CC(O)(C3)C1)C2. The van der Waals surface area contributed by atoms with Gasteiger partial charge in [0.1, 0.15) is 5.82 Å². The third-order valence-corrected chi connectivity index (χ3v) is 7.99. The van der Waals surface area contributed by atoms with Crippen molar-refractivity contribution in [3.8, 4) is 0 Å². The zero-order chi connectivity index (χ0) is 18.9. The zero-order valence-corrected chi connectivity index (χ0v) is 16.4. The zero-order valence-electron chi connectivity index (χ0n) is 16.4. The number of imidazole rings is 1. The van der Waals surface area contributed by atoms with Crippen LogP contribution in [0.1, 0.15) is 63.1 Å². The summed E-state index contributed by atoms with van der Waals surface area (Å²) in [6.45, 7) is 1.61. The van der Waals surface area contributed by atoms with Crippen LogP contribution in [0.3, 0.4) is 0 Å². The summed E-state index contributed by atoms with van der Waals surface area (Å²) in [6, 6.07) is 8.14. The van der Waals surface area contributed by atoms with Crippen molar-refractivity contribution >= 4 is 16.9 Å². The number of nitrogens with one attached hydrogen (secondary N) is 1. The van der Waals surface area contributed by atoms with Crippen LogP contribution in [-0.4, -0.2) is 44.6 Å². The van der Waals surface area contributed by atoms with Gasteiger partial charge in [-0.1, -0.05) is 12.1 Å². The molecule has 1 aliphatic heterocycles. The topological polar surface area (TPSA) is 69.2 Å². The molecule has 3 atom stereocenters. The number of hydrogen-bond acceptors (Lipinski definition) is 3. The Morgan fingerprint density at radius 1 is 1.18 bits per heavy atom. The Morgan fingerprint density at radius 3 is 2.71 bits per heavy atom. The molecule has 1 amide bonds. The molecule has 7 rings (SSSR count). The van der Waals surface area contributed by atoms with Gasteiger partial charge in [-0.15, -0.1) is 0 Å². The molecule has 4 bridgehead atoms. The van der Waals surface area contributed by atoms with E-state index in [2.05, 4.69) is 16.0 Å². The highest BCUT2D eigenvalue weighted by atomic mass is 16.3. The van der Waals surface area contributed by atoms with Crippen molar-refractivity contribution in [2.24, 2.45) is 17.3 Å².